The summed E-state index contributed by atoms with van der Waals surface area (Å²) in [5.74, 6) is -3.55. The molecule has 7 heteroatoms. The van der Waals surface area contributed by atoms with E-state index in [2.05, 4.69) is 0 Å². The summed E-state index contributed by atoms with van der Waals surface area (Å²) in [5.41, 5.74) is -2.23. The number of carbonyl (C=O) groups excluding carboxylic acids is 3. The molecule has 2 N–H and O–H groups in total. The Kier molecular flexibility index (Phi) is 3.33. The van der Waals surface area contributed by atoms with E-state index in [1.54, 1.807) is 0 Å². The molecule has 0 aromatic carbocycles. The van der Waals surface area contributed by atoms with Crippen LogP contribution in [0.4, 0.5) is 0 Å². The molecule has 2 amide bonds. The topological polar surface area (TPSA) is 112 Å². The van der Waals surface area contributed by atoms with E-state index < -0.39 is 48.1 Å². The van der Waals surface area contributed by atoms with E-state index in [0.717, 1.165) is 0 Å². The first kappa shape index (κ1) is 13.3. The normalized spacial score (nSPS) is 26.2. The Morgan fingerprint density at radius 3 is 2.41 bits per heavy atom. The summed E-state index contributed by atoms with van der Waals surface area (Å²) in [6, 6.07) is -0.988. The summed E-state index contributed by atoms with van der Waals surface area (Å²) < 4.78 is 0. The van der Waals surface area contributed by atoms with E-state index in [4.69, 9.17) is 5.11 Å². The van der Waals surface area contributed by atoms with Crippen LogP contribution in [-0.2, 0) is 19.2 Å². The Bertz CT molecular complexity index is 404. The molecule has 7 nitrogen and oxygen atoms in total. The highest BCUT2D eigenvalue weighted by Gasteiger charge is 2.53. The van der Waals surface area contributed by atoms with E-state index in [0.29, 0.717) is 4.90 Å². The van der Waals surface area contributed by atoms with Crippen LogP contribution in [0.3, 0.4) is 0 Å². The van der Waals surface area contributed by atoms with Gasteiger partial charge in [0.15, 0.2) is 11.4 Å². The Labute approximate surface area is 97.0 Å². The molecule has 1 heterocycles. The van der Waals surface area contributed by atoms with Gasteiger partial charge in [0.1, 0.15) is 0 Å². The number of aliphatic carboxylic acids is 1. The van der Waals surface area contributed by atoms with E-state index in [-0.39, 0.29) is 0 Å². The number of hydrogen-bond donors (Lipinski definition) is 2. The molecule has 0 radical (unpaired) electrons. The van der Waals surface area contributed by atoms with Gasteiger partial charge in [-0.1, -0.05) is 0 Å². The van der Waals surface area contributed by atoms with Crippen molar-refractivity contribution in [3.63, 3.8) is 0 Å². The van der Waals surface area contributed by atoms with Crippen molar-refractivity contribution < 1.29 is 29.4 Å². The van der Waals surface area contributed by atoms with Gasteiger partial charge in [0.05, 0.1) is 18.9 Å². The van der Waals surface area contributed by atoms with Crippen molar-refractivity contribution in [3.8, 4) is 0 Å². The Morgan fingerprint density at radius 1 is 1.47 bits per heavy atom. The van der Waals surface area contributed by atoms with Crippen LogP contribution in [0.1, 0.15) is 26.7 Å². The average molecular weight is 243 g/mol. The quantitative estimate of drug-likeness (QED) is 0.608. The van der Waals surface area contributed by atoms with Crippen LogP contribution in [0.15, 0.2) is 0 Å². The molecule has 0 bridgehead atoms. The summed E-state index contributed by atoms with van der Waals surface area (Å²) in [7, 11) is 0. The number of rotatable bonds is 4. The fourth-order valence-electron chi connectivity index (χ4n) is 1.71. The third-order valence-electron chi connectivity index (χ3n) is 2.75. The standard InChI is InChI=1S/C10H13NO6/c1-5(6(2)12)11-7(13)3-10(17,9(11)16)4-8(14)15/h5,17H,3-4H2,1-2H3,(H,14,15). The fourth-order valence-corrected chi connectivity index (χ4v) is 1.71. The summed E-state index contributed by atoms with van der Waals surface area (Å²) >= 11 is 0. The molecule has 1 fully saturated rings. The lowest BCUT2D eigenvalue weighted by Crippen LogP contribution is -2.47. The molecule has 0 aliphatic carbocycles. The lowest BCUT2D eigenvalue weighted by atomic mass is 9.98. The Balaban J connectivity index is 3.00. The van der Waals surface area contributed by atoms with Gasteiger partial charge in [0, 0.05) is 0 Å². The van der Waals surface area contributed by atoms with Crippen molar-refractivity contribution >= 4 is 23.6 Å². The number of amides is 2. The number of Topliss-reactive ketones (excluding diaryl/α,β-unsaturated/α-hetero) is 1. The first-order valence-corrected chi connectivity index (χ1v) is 5.00. The number of carboxylic acids is 1. The van der Waals surface area contributed by atoms with Gasteiger partial charge in [-0.25, -0.2) is 0 Å². The molecule has 17 heavy (non-hydrogen) atoms. The minimum absolute atomic E-state index is 0.411. The zero-order chi connectivity index (χ0) is 13.4. The van der Waals surface area contributed by atoms with E-state index >= 15 is 0 Å². The molecule has 1 aliphatic rings. The van der Waals surface area contributed by atoms with Crippen molar-refractivity contribution in [1.29, 1.82) is 0 Å². The van der Waals surface area contributed by atoms with Gasteiger partial charge in [0.2, 0.25) is 5.91 Å². The average Bonchev–Trinajstić information content (AvgIpc) is 2.35. The molecule has 1 saturated heterocycles. The van der Waals surface area contributed by atoms with Crippen LogP contribution in [0, 0.1) is 0 Å². The monoisotopic (exact) mass is 243 g/mol. The molecule has 2 atom stereocenters. The summed E-state index contributed by atoms with van der Waals surface area (Å²) in [6.07, 6.45) is -1.45. The molecule has 1 aliphatic heterocycles. The highest BCUT2D eigenvalue weighted by molar-refractivity contribution is 6.11. The SMILES string of the molecule is CC(=O)C(C)N1C(=O)CC(O)(CC(=O)O)C1=O. The maximum Gasteiger partial charge on any atom is 0.306 e. The van der Waals surface area contributed by atoms with Crippen LogP contribution in [-0.4, -0.2) is 50.3 Å². The number of nitrogens with zero attached hydrogens (tertiary/aromatic N) is 1. The largest absolute Gasteiger partial charge is 0.481 e. The van der Waals surface area contributed by atoms with Crippen LogP contribution >= 0.6 is 0 Å². The van der Waals surface area contributed by atoms with E-state index in [9.17, 15) is 24.3 Å². The third-order valence-corrected chi connectivity index (χ3v) is 2.75. The van der Waals surface area contributed by atoms with Crippen molar-refractivity contribution in [1.82, 2.24) is 4.90 Å². The highest BCUT2D eigenvalue weighted by Crippen LogP contribution is 2.29. The lowest BCUT2D eigenvalue weighted by Gasteiger charge is -2.22. The molecule has 0 spiro atoms. The van der Waals surface area contributed by atoms with E-state index in [1.165, 1.54) is 13.8 Å². The number of ketones is 1. The molecular weight excluding hydrogens is 230 g/mol. The number of imide groups is 1. The fraction of sp³-hybridized carbons (Fsp3) is 0.600. The Hall–Kier alpha value is -1.76. The van der Waals surface area contributed by atoms with Crippen LogP contribution in [0.25, 0.3) is 0 Å². The van der Waals surface area contributed by atoms with Crippen molar-refractivity contribution in [3.05, 3.63) is 0 Å². The van der Waals surface area contributed by atoms with Gasteiger partial charge in [-0.2, -0.15) is 0 Å². The molecule has 94 valence electrons. The summed E-state index contributed by atoms with van der Waals surface area (Å²) in [6.45, 7) is 2.56. The molecule has 1 rings (SSSR count). The van der Waals surface area contributed by atoms with Gasteiger partial charge < -0.3 is 10.2 Å². The Morgan fingerprint density at radius 2 is 2.00 bits per heavy atom. The summed E-state index contributed by atoms with van der Waals surface area (Å²) in [4.78, 5) is 45.5. The second-order valence-electron chi connectivity index (χ2n) is 4.13. The molecule has 2 unspecified atom stereocenters. The van der Waals surface area contributed by atoms with Gasteiger partial charge in [-0.05, 0) is 13.8 Å². The van der Waals surface area contributed by atoms with Crippen LogP contribution < -0.4 is 0 Å². The second-order valence-corrected chi connectivity index (χ2v) is 4.13. The van der Waals surface area contributed by atoms with Crippen molar-refractivity contribution in [2.24, 2.45) is 0 Å². The first-order valence-electron chi connectivity index (χ1n) is 5.00. The predicted octanol–water partition coefficient (Wildman–Crippen LogP) is -1.07. The zero-order valence-corrected chi connectivity index (χ0v) is 9.47. The number of carbonyl (C=O) groups is 4. The smallest absolute Gasteiger partial charge is 0.306 e. The molecule has 0 saturated carbocycles. The number of aliphatic hydroxyl groups is 1. The number of hydrogen-bond acceptors (Lipinski definition) is 5. The number of likely N-dealkylation sites (tertiary alicyclic amines) is 1. The maximum absolute atomic E-state index is 11.8. The first-order chi connectivity index (χ1) is 7.69. The lowest BCUT2D eigenvalue weighted by molar-refractivity contribution is -0.156. The van der Waals surface area contributed by atoms with E-state index in [1.807, 2.05) is 0 Å². The second kappa shape index (κ2) is 4.25. The van der Waals surface area contributed by atoms with Gasteiger partial charge in [-0.15, -0.1) is 0 Å². The van der Waals surface area contributed by atoms with Gasteiger partial charge in [-0.3, -0.25) is 24.1 Å². The van der Waals surface area contributed by atoms with Crippen molar-refractivity contribution in [2.45, 2.75) is 38.3 Å². The van der Waals surface area contributed by atoms with Gasteiger partial charge in [0.25, 0.3) is 5.91 Å². The highest BCUT2D eigenvalue weighted by atomic mass is 16.4. The summed E-state index contributed by atoms with van der Waals surface area (Å²) in [5, 5.41) is 18.4. The molecule has 0 aromatic heterocycles. The van der Waals surface area contributed by atoms with Crippen LogP contribution in [0.2, 0.25) is 0 Å². The minimum atomic E-state index is -2.23. The molecule has 0 aromatic rings. The minimum Gasteiger partial charge on any atom is -0.481 e. The number of carboxylic acid groups (broad SMARTS) is 1. The van der Waals surface area contributed by atoms with Crippen LogP contribution in [0.5, 0.6) is 0 Å². The molecular formula is C10H13NO6. The maximum atomic E-state index is 11.8. The van der Waals surface area contributed by atoms with Gasteiger partial charge >= 0.3 is 5.97 Å². The zero-order valence-electron chi connectivity index (χ0n) is 9.47. The predicted molar refractivity (Wildman–Crippen MR) is 53.8 cm³/mol. The third kappa shape index (κ3) is 2.33. The van der Waals surface area contributed by atoms with Crippen molar-refractivity contribution in [2.75, 3.05) is 0 Å².